The van der Waals surface area contributed by atoms with Crippen LogP contribution in [0.15, 0.2) is 42.5 Å². The minimum atomic E-state index is -0.879. The summed E-state index contributed by atoms with van der Waals surface area (Å²) in [7, 11) is 1.36. The molecule has 0 heterocycles. The van der Waals surface area contributed by atoms with Gasteiger partial charge in [-0.3, -0.25) is 10.1 Å². The van der Waals surface area contributed by atoms with E-state index in [0.29, 0.717) is 5.56 Å². The largest absolute Gasteiger partial charge is 0.493 e. The van der Waals surface area contributed by atoms with Crippen LogP contribution in [0.2, 0.25) is 0 Å². The van der Waals surface area contributed by atoms with Crippen LogP contribution in [0.3, 0.4) is 0 Å². The number of para-hydroxylation sites is 1. The number of rotatable bonds is 4. The molecule has 0 atom stereocenters. The van der Waals surface area contributed by atoms with Crippen molar-refractivity contribution in [2.45, 2.75) is 0 Å². The van der Waals surface area contributed by atoms with Gasteiger partial charge in [0.1, 0.15) is 5.56 Å². The van der Waals surface area contributed by atoms with E-state index in [2.05, 4.69) is 0 Å². The fourth-order valence-corrected chi connectivity index (χ4v) is 1.78. The summed E-state index contributed by atoms with van der Waals surface area (Å²) < 4.78 is 10.2. The van der Waals surface area contributed by atoms with Crippen molar-refractivity contribution in [1.29, 1.82) is 5.26 Å². The second-order valence-electron chi connectivity index (χ2n) is 4.14. The van der Waals surface area contributed by atoms with Gasteiger partial charge in [-0.15, -0.1) is 0 Å². The van der Waals surface area contributed by atoms with Crippen molar-refractivity contribution in [2.24, 2.45) is 0 Å². The van der Waals surface area contributed by atoms with Gasteiger partial charge in [0.2, 0.25) is 0 Å². The molecule has 0 bridgehead atoms. The number of methoxy groups -OCH3 is 1. The van der Waals surface area contributed by atoms with Gasteiger partial charge in [0.25, 0.3) is 5.69 Å². The third-order valence-electron chi connectivity index (χ3n) is 2.82. The van der Waals surface area contributed by atoms with Crippen molar-refractivity contribution in [3.63, 3.8) is 0 Å². The normalized spacial score (nSPS) is 9.64. The van der Waals surface area contributed by atoms with E-state index in [0.717, 1.165) is 0 Å². The molecule has 0 radical (unpaired) electrons. The summed E-state index contributed by atoms with van der Waals surface area (Å²) in [4.78, 5) is 22.4. The average Bonchev–Trinajstić information content (AvgIpc) is 2.55. The Kier molecular flexibility index (Phi) is 4.34. The third kappa shape index (κ3) is 3.02. The molecule has 0 unspecified atom stereocenters. The smallest absolute Gasteiger partial charge is 0.350 e. The second-order valence-corrected chi connectivity index (χ2v) is 4.14. The molecule has 0 saturated carbocycles. The summed E-state index contributed by atoms with van der Waals surface area (Å²) in [5, 5.41) is 19.7. The number of hydrogen-bond donors (Lipinski definition) is 0. The lowest BCUT2D eigenvalue weighted by atomic mass is 10.2. The predicted octanol–water partition coefficient (Wildman–Crippen LogP) is 2.69. The fraction of sp³-hybridized carbons (Fsp3) is 0.0667. The maximum Gasteiger partial charge on any atom is 0.350 e. The Hall–Kier alpha value is -3.40. The Balaban J connectivity index is 2.34. The lowest BCUT2D eigenvalue weighted by Crippen LogP contribution is -2.11. The van der Waals surface area contributed by atoms with Crippen molar-refractivity contribution in [2.75, 3.05) is 7.11 Å². The highest BCUT2D eigenvalue weighted by Gasteiger charge is 2.22. The number of esters is 1. The summed E-state index contributed by atoms with van der Waals surface area (Å²) >= 11 is 0. The molecule has 0 aliphatic rings. The molecule has 7 nitrogen and oxygen atoms in total. The quantitative estimate of drug-likeness (QED) is 0.372. The van der Waals surface area contributed by atoms with E-state index in [1.165, 1.54) is 49.6 Å². The molecule has 2 rings (SSSR count). The van der Waals surface area contributed by atoms with Gasteiger partial charge in [0.15, 0.2) is 11.5 Å². The van der Waals surface area contributed by atoms with E-state index in [4.69, 9.17) is 14.7 Å². The molecule has 0 aromatic heterocycles. The maximum atomic E-state index is 12.1. The van der Waals surface area contributed by atoms with Crippen molar-refractivity contribution >= 4 is 11.7 Å². The molecule has 7 heteroatoms. The van der Waals surface area contributed by atoms with Crippen LogP contribution in [0, 0.1) is 21.4 Å². The molecule has 0 N–H and O–H groups in total. The first-order chi connectivity index (χ1) is 10.6. The lowest BCUT2D eigenvalue weighted by Gasteiger charge is -2.09. The van der Waals surface area contributed by atoms with Crippen LogP contribution >= 0.6 is 0 Å². The van der Waals surface area contributed by atoms with Crippen molar-refractivity contribution in [1.82, 2.24) is 0 Å². The number of nitrogens with zero attached hydrogens (tertiary/aromatic N) is 2. The molecule has 0 saturated heterocycles. The van der Waals surface area contributed by atoms with Crippen LogP contribution in [0.5, 0.6) is 11.5 Å². The standard InChI is InChI=1S/C15H10N2O5/c1-21-14-8-10(9-16)6-7-13(14)22-15(18)11-4-2-3-5-12(11)17(19)20/h2-8H,1H3. The van der Waals surface area contributed by atoms with E-state index in [1.54, 1.807) is 0 Å². The highest BCUT2D eigenvalue weighted by atomic mass is 16.6. The Labute approximate surface area is 125 Å². The number of carbonyl (C=O) groups excluding carboxylic acids is 1. The SMILES string of the molecule is COc1cc(C#N)ccc1OC(=O)c1ccccc1[N+](=O)[O-]. The maximum absolute atomic E-state index is 12.1. The number of nitro benzene ring substituents is 1. The van der Waals surface area contributed by atoms with Crippen LogP contribution in [0.1, 0.15) is 15.9 Å². The van der Waals surface area contributed by atoms with E-state index in [9.17, 15) is 14.9 Å². The molecule has 0 aliphatic heterocycles. The molecule has 2 aromatic carbocycles. The third-order valence-corrected chi connectivity index (χ3v) is 2.82. The molecule has 110 valence electrons. The Morgan fingerprint density at radius 2 is 1.95 bits per heavy atom. The Bertz CT molecular complexity index is 780. The van der Waals surface area contributed by atoms with Gasteiger partial charge in [-0.25, -0.2) is 4.79 Å². The zero-order valence-electron chi connectivity index (χ0n) is 11.5. The molecule has 0 amide bonds. The number of nitro groups is 1. The molecule has 0 fully saturated rings. The summed E-state index contributed by atoms with van der Waals surface area (Å²) in [6.07, 6.45) is 0. The molecular weight excluding hydrogens is 288 g/mol. The number of carbonyl (C=O) groups is 1. The van der Waals surface area contributed by atoms with Crippen LogP contribution in [-0.4, -0.2) is 18.0 Å². The number of benzene rings is 2. The number of nitriles is 1. The summed E-state index contributed by atoms with van der Waals surface area (Å²) in [6, 6.07) is 11.6. The van der Waals surface area contributed by atoms with Gasteiger partial charge in [-0.1, -0.05) is 12.1 Å². The van der Waals surface area contributed by atoms with Crippen molar-refractivity contribution in [3.05, 3.63) is 63.7 Å². The van der Waals surface area contributed by atoms with E-state index >= 15 is 0 Å². The fourth-order valence-electron chi connectivity index (χ4n) is 1.78. The van der Waals surface area contributed by atoms with Crippen LogP contribution in [0.25, 0.3) is 0 Å². The van der Waals surface area contributed by atoms with Crippen LogP contribution in [-0.2, 0) is 0 Å². The first kappa shape index (κ1) is 15.0. The molecule has 0 aliphatic carbocycles. The van der Waals surface area contributed by atoms with Gasteiger partial charge in [-0.2, -0.15) is 5.26 Å². The highest BCUT2D eigenvalue weighted by Crippen LogP contribution is 2.29. The molecule has 0 spiro atoms. The van der Waals surface area contributed by atoms with E-state index in [1.807, 2.05) is 6.07 Å². The minimum absolute atomic E-state index is 0.0738. The molecule has 22 heavy (non-hydrogen) atoms. The van der Waals surface area contributed by atoms with E-state index in [-0.39, 0.29) is 22.7 Å². The van der Waals surface area contributed by atoms with Crippen LogP contribution in [0.4, 0.5) is 5.69 Å². The van der Waals surface area contributed by atoms with Gasteiger partial charge in [0.05, 0.1) is 23.7 Å². The first-order valence-corrected chi connectivity index (χ1v) is 6.10. The number of hydrogen-bond acceptors (Lipinski definition) is 6. The van der Waals surface area contributed by atoms with Gasteiger partial charge < -0.3 is 9.47 Å². The Morgan fingerprint density at radius 1 is 1.23 bits per heavy atom. The molecule has 2 aromatic rings. The van der Waals surface area contributed by atoms with Gasteiger partial charge >= 0.3 is 5.97 Å². The number of ether oxygens (including phenoxy) is 2. The highest BCUT2D eigenvalue weighted by molar-refractivity contribution is 5.95. The monoisotopic (exact) mass is 298 g/mol. The topological polar surface area (TPSA) is 102 Å². The minimum Gasteiger partial charge on any atom is -0.493 e. The predicted molar refractivity (Wildman–Crippen MR) is 75.8 cm³/mol. The van der Waals surface area contributed by atoms with Gasteiger partial charge in [0, 0.05) is 12.1 Å². The Morgan fingerprint density at radius 3 is 2.59 bits per heavy atom. The first-order valence-electron chi connectivity index (χ1n) is 6.10. The lowest BCUT2D eigenvalue weighted by molar-refractivity contribution is -0.385. The van der Waals surface area contributed by atoms with Crippen LogP contribution < -0.4 is 9.47 Å². The summed E-state index contributed by atoms with van der Waals surface area (Å²) in [5.74, 6) is -0.619. The zero-order chi connectivity index (χ0) is 16.1. The summed E-state index contributed by atoms with van der Waals surface area (Å²) in [6.45, 7) is 0. The van der Waals surface area contributed by atoms with E-state index < -0.39 is 10.9 Å². The average molecular weight is 298 g/mol. The zero-order valence-corrected chi connectivity index (χ0v) is 11.5. The van der Waals surface area contributed by atoms with Crippen molar-refractivity contribution < 1.29 is 19.2 Å². The summed E-state index contributed by atoms with van der Waals surface area (Å²) in [5.41, 5.74) is -0.179. The van der Waals surface area contributed by atoms with Crippen molar-refractivity contribution in [3.8, 4) is 17.6 Å². The molecular formula is C15H10N2O5. The second kappa shape index (κ2) is 6.37. The van der Waals surface area contributed by atoms with Gasteiger partial charge in [-0.05, 0) is 18.2 Å².